The Hall–Kier alpha value is -0.630. The number of ether oxygens (including phenoxy) is 1. The van der Waals surface area contributed by atoms with Crippen LogP contribution in [0.1, 0.15) is 17.7 Å². The number of methoxy groups -OCH3 is 1. The molecule has 0 heterocycles. The van der Waals surface area contributed by atoms with Crippen molar-refractivity contribution in [3.63, 3.8) is 0 Å². The predicted molar refractivity (Wildman–Crippen MR) is 54.9 cm³/mol. The van der Waals surface area contributed by atoms with Crippen molar-refractivity contribution >= 4 is 11.8 Å². The molecule has 2 heteroatoms. The molecule has 1 atom stereocenters. The molecule has 0 radical (unpaired) electrons. The van der Waals surface area contributed by atoms with Crippen molar-refractivity contribution in [1.82, 2.24) is 0 Å². The summed E-state index contributed by atoms with van der Waals surface area (Å²) in [6, 6.07) is 8.21. The molecule has 0 fully saturated rings. The Labute approximate surface area is 78.1 Å². The van der Waals surface area contributed by atoms with Gasteiger partial charge in [-0.25, -0.2) is 0 Å². The van der Waals surface area contributed by atoms with E-state index in [0.29, 0.717) is 5.25 Å². The highest BCUT2D eigenvalue weighted by atomic mass is 32.2. The Morgan fingerprint density at radius 3 is 2.75 bits per heavy atom. The molecular weight excluding hydrogens is 168 g/mol. The summed E-state index contributed by atoms with van der Waals surface area (Å²) < 4.78 is 5.14. The smallest absolute Gasteiger partial charge is 0.119 e. The zero-order chi connectivity index (χ0) is 8.97. The highest BCUT2D eigenvalue weighted by Crippen LogP contribution is 2.27. The van der Waals surface area contributed by atoms with Crippen LogP contribution >= 0.6 is 11.8 Å². The molecule has 1 unspecified atom stereocenters. The van der Waals surface area contributed by atoms with Gasteiger partial charge in [0.15, 0.2) is 0 Å². The van der Waals surface area contributed by atoms with E-state index < -0.39 is 0 Å². The maximum absolute atomic E-state index is 5.14. The van der Waals surface area contributed by atoms with Crippen LogP contribution in [0, 0.1) is 0 Å². The quantitative estimate of drug-likeness (QED) is 0.710. The van der Waals surface area contributed by atoms with Gasteiger partial charge in [-0.3, -0.25) is 0 Å². The van der Waals surface area contributed by atoms with Gasteiger partial charge in [0.1, 0.15) is 5.75 Å². The summed E-state index contributed by atoms with van der Waals surface area (Å²) in [7, 11) is 1.70. The fourth-order valence-electron chi connectivity index (χ4n) is 1.03. The van der Waals surface area contributed by atoms with Crippen molar-refractivity contribution in [2.75, 3.05) is 13.4 Å². The number of thioether (sulfide) groups is 1. The van der Waals surface area contributed by atoms with Gasteiger partial charge in [0.25, 0.3) is 0 Å². The third kappa shape index (κ3) is 2.18. The first-order valence-corrected chi connectivity index (χ1v) is 5.23. The standard InChI is InChI=1S/C10H14OS/c1-8(12-3)9-5-4-6-10(7-9)11-2/h4-8H,1-3H3. The molecule has 0 aliphatic rings. The summed E-state index contributed by atoms with van der Waals surface area (Å²) in [6.45, 7) is 2.19. The van der Waals surface area contributed by atoms with E-state index in [-0.39, 0.29) is 0 Å². The van der Waals surface area contributed by atoms with Crippen molar-refractivity contribution < 1.29 is 4.74 Å². The van der Waals surface area contributed by atoms with Gasteiger partial charge in [0, 0.05) is 5.25 Å². The summed E-state index contributed by atoms with van der Waals surface area (Å²) in [5.41, 5.74) is 1.32. The van der Waals surface area contributed by atoms with E-state index in [1.165, 1.54) is 5.56 Å². The van der Waals surface area contributed by atoms with Crippen molar-refractivity contribution in [3.8, 4) is 5.75 Å². The SMILES string of the molecule is COc1cccc(C(C)SC)c1. The minimum Gasteiger partial charge on any atom is -0.497 e. The lowest BCUT2D eigenvalue weighted by atomic mass is 10.1. The van der Waals surface area contributed by atoms with Gasteiger partial charge in [0.05, 0.1) is 7.11 Å². The third-order valence-corrected chi connectivity index (χ3v) is 2.90. The molecule has 0 N–H and O–H groups in total. The Morgan fingerprint density at radius 1 is 1.42 bits per heavy atom. The molecule has 0 saturated carbocycles. The van der Waals surface area contributed by atoms with Crippen LogP contribution in [0.3, 0.4) is 0 Å². The van der Waals surface area contributed by atoms with E-state index in [0.717, 1.165) is 5.75 Å². The average Bonchev–Trinajstić information content (AvgIpc) is 2.17. The van der Waals surface area contributed by atoms with Crippen LogP contribution in [-0.2, 0) is 0 Å². The number of rotatable bonds is 3. The molecular formula is C10H14OS. The molecule has 66 valence electrons. The monoisotopic (exact) mass is 182 g/mol. The summed E-state index contributed by atoms with van der Waals surface area (Å²) in [4.78, 5) is 0. The molecule has 0 aliphatic heterocycles. The van der Waals surface area contributed by atoms with Crippen LogP contribution in [0.15, 0.2) is 24.3 Å². The Kier molecular flexibility index (Phi) is 3.48. The summed E-state index contributed by atoms with van der Waals surface area (Å²) in [6.07, 6.45) is 2.12. The fourth-order valence-corrected chi connectivity index (χ4v) is 1.45. The third-order valence-electron chi connectivity index (χ3n) is 1.92. The lowest BCUT2D eigenvalue weighted by Gasteiger charge is -2.09. The second kappa shape index (κ2) is 4.41. The summed E-state index contributed by atoms with van der Waals surface area (Å²) in [5.74, 6) is 0.938. The van der Waals surface area contributed by atoms with Gasteiger partial charge in [0.2, 0.25) is 0 Å². The van der Waals surface area contributed by atoms with Crippen molar-refractivity contribution in [1.29, 1.82) is 0 Å². The summed E-state index contributed by atoms with van der Waals surface area (Å²) >= 11 is 1.84. The van der Waals surface area contributed by atoms with Gasteiger partial charge in [-0.2, -0.15) is 11.8 Å². The van der Waals surface area contributed by atoms with E-state index in [4.69, 9.17) is 4.74 Å². The highest BCUT2D eigenvalue weighted by Gasteiger charge is 2.03. The molecule has 12 heavy (non-hydrogen) atoms. The van der Waals surface area contributed by atoms with E-state index in [2.05, 4.69) is 25.3 Å². The predicted octanol–water partition coefficient (Wildman–Crippen LogP) is 3.12. The van der Waals surface area contributed by atoms with E-state index >= 15 is 0 Å². The van der Waals surface area contributed by atoms with Crippen molar-refractivity contribution in [2.45, 2.75) is 12.2 Å². The lowest BCUT2D eigenvalue weighted by molar-refractivity contribution is 0.414. The fraction of sp³-hybridized carbons (Fsp3) is 0.400. The first-order chi connectivity index (χ1) is 5.77. The second-order valence-electron chi connectivity index (χ2n) is 2.65. The Balaban J connectivity index is 2.86. The zero-order valence-corrected chi connectivity index (χ0v) is 8.52. The van der Waals surface area contributed by atoms with Crippen molar-refractivity contribution in [2.24, 2.45) is 0 Å². The van der Waals surface area contributed by atoms with Crippen LogP contribution in [0.25, 0.3) is 0 Å². The molecule has 0 aromatic heterocycles. The highest BCUT2D eigenvalue weighted by molar-refractivity contribution is 7.98. The Morgan fingerprint density at radius 2 is 2.17 bits per heavy atom. The van der Waals surface area contributed by atoms with Gasteiger partial charge >= 0.3 is 0 Å². The van der Waals surface area contributed by atoms with Crippen LogP contribution in [0.5, 0.6) is 5.75 Å². The van der Waals surface area contributed by atoms with E-state index in [1.807, 2.05) is 23.9 Å². The molecule has 0 bridgehead atoms. The first-order valence-electron chi connectivity index (χ1n) is 3.94. The van der Waals surface area contributed by atoms with Crippen molar-refractivity contribution in [3.05, 3.63) is 29.8 Å². The van der Waals surface area contributed by atoms with Gasteiger partial charge in [-0.15, -0.1) is 0 Å². The minimum atomic E-state index is 0.542. The van der Waals surface area contributed by atoms with E-state index in [1.54, 1.807) is 7.11 Å². The molecule has 0 aliphatic carbocycles. The van der Waals surface area contributed by atoms with Gasteiger partial charge in [-0.1, -0.05) is 12.1 Å². The molecule has 0 amide bonds. The van der Waals surface area contributed by atoms with Gasteiger partial charge in [-0.05, 0) is 30.9 Å². The normalized spacial score (nSPS) is 12.6. The van der Waals surface area contributed by atoms with Crippen LogP contribution < -0.4 is 4.74 Å². The lowest BCUT2D eigenvalue weighted by Crippen LogP contribution is -1.89. The number of hydrogen-bond donors (Lipinski definition) is 0. The molecule has 1 rings (SSSR count). The number of benzene rings is 1. The molecule has 1 aromatic rings. The average molecular weight is 182 g/mol. The number of hydrogen-bond acceptors (Lipinski definition) is 2. The topological polar surface area (TPSA) is 9.23 Å². The molecule has 0 saturated heterocycles. The Bertz CT molecular complexity index is 247. The second-order valence-corrected chi connectivity index (χ2v) is 3.83. The molecule has 0 spiro atoms. The largest absolute Gasteiger partial charge is 0.497 e. The van der Waals surface area contributed by atoms with Crippen LogP contribution in [-0.4, -0.2) is 13.4 Å². The van der Waals surface area contributed by atoms with Crippen LogP contribution in [0.2, 0.25) is 0 Å². The van der Waals surface area contributed by atoms with Crippen LogP contribution in [0.4, 0.5) is 0 Å². The van der Waals surface area contributed by atoms with Gasteiger partial charge < -0.3 is 4.74 Å². The van der Waals surface area contributed by atoms with E-state index in [9.17, 15) is 0 Å². The maximum atomic E-state index is 5.14. The summed E-state index contributed by atoms with van der Waals surface area (Å²) in [5, 5.41) is 0.542. The zero-order valence-electron chi connectivity index (χ0n) is 7.70. The molecule has 1 nitrogen and oxygen atoms in total. The minimum absolute atomic E-state index is 0.542. The molecule has 1 aromatic carbocycles. The first kappa shape index (κ1) is 9.46. The maximum Gasteiger partial charge on any atom is 0.119 e.